The van der Waals surface area contributed by atoms with E-state index >= 15 is 0 Å². The molecule has 7 heteroatoms. The standard InChI is InChI=1S/C17H27N3O4/c1-10(2)14(18)15(21)20(19)17(24,16(22)23)12(4)11(3)13-8-6-5-7-9-13/h5-12,14,24H,18-19H2,1-4H3,(H,22,23). The monoisotopic (exact) mass is 337 g/mol. The molecule has 7 nitrogen and oxygen atoms in total. The molecule has 0 aliphatic rings. The SMILES string of the molecule is CC(C)C(N)C(=O)N(N)C(O)(C(=O)O)C(C)C(C)c1ccccc1. The Morgan fingerprint density at radius 3 is 2.04 bits per heavy atom. The van der Waals surface area contributed by atoms with Gasteiger partial charge in [-0.2, -0.15) is 0 Å². The Bertz CT molecular complexity index is 578. The fourth-order valence-corrected chi connectivity index (χ4v) is 2.52. The van der Waals surface area contributed by atoms with Crippen molar-refractivity contribution >= 4 is 11.9 Å². The highest BCUT2D eigenvalue weighted by molar-refractivity contribution is 5.88. The molecule has 6 N–H and O–H groups in total. The molecule has 1 aromatic rings. The minimum absolute atomic E-state index is 0.247. The third-order valence-electron chi connectivity index (χ3n) is 4.63. The fourth-order valence-electron chi connectivity index (χ4n) is 2.52. The van der Waals surface area contributed by atoms with Gasteiger partial charge >= 0.3 is 5.97 Å². The van der Waals surface area contributed by atoms with Crippen molar-refractivity contribution in [2.24, 2.45) is 23.4 Å². The van der Waals surface area contributed by atoms with Crippen molar-refractivity contribution in [1.82, 2.24) is 5.01 Å². The normalized spacial score (nSPS) is 17.7. The zero-order valence-corrected chi connectivity index (χ0v) is 14.5. The number of hydrogen-bond acceptors (Lipinski definition) is 5. The lowest BCUT2D eigenvalue weighted by atomic mass is 9.81. The Labute approximate surface area is 142 Å². The number of aliphatic hydroxyl groups is 1. The van der Waals surface area contributed by atoms with Crippen LogP contribution >= 0.6 is 0 Å². The topological polar surface area (TPSA) is 130 Å². The van der Waals surface area contributed by atoms with Gasteiger partial charge in [-0.05, 0) is 17.4 Å². The lowest BCUT2D eigenvalue weighted by molar-refractivity contribution is -0.203. The van der Waals surface area contributed by atoms with Crippen LogP contribution in [0.5, 0.6) is 0 Å². The predicted octanol–water partition coefficient (Wildman–Crippen LogP) is 0.885. The summed E-state index contributed by atoms with van der Waals surface area (Å²) in [5.41, 5.74) is 4.03. The number of carbonyl (C=O) groups excluding carboxylic acids is 1. The average Bonchev–Trinajstić information content (AvgIpc) is 2.57. The number of aliphatic carboxylic acids is 1. The molecule has 0 spiro atoms. The number of benzene rings is 1. The van der Waals surface area contributed by atoms with Crippen LogP contribution in [0.4, 0.5) is 0 Å². The number of hydrazine groups is 1. The Kier molecular flexibility index (Phi) is 6.48. The smallest absolute Gasteiger partial charge is 0.359 e. The van der Waals surface area contributed by atoms with Gasteiger partial charge < -0.3 is 15.9 Å². The van der Waals surface area contributed by atoms with E-state index in [-0.39, 0.29) is 11.8 Å². The third kappa shape index (κ3) is 3.75. The first-order valence-corrected chi connectivity index (χ1v) is 7.90. The van der Waals surface area contributed by atoms with E-state index < -0.39 is 29.6 Å². The van der Waals surface area contributed by atoms with Crippen LogP contribution in [0, 0.1) is 11.8 Å². The molecule has 0 saturated heterocycles. The molecular formula is C17H27N3O4. The summed E-state index contributed by atoms with van der Waals surface area (Å²) in [5, 5.41) is 20.7. The first kappa shape index (κ1) is 20.1. The van der Waals surface area contributed by atoms with Gasteiger partial charge in [-0.3, -0.25) is 4.79 Å². The molecule has 0 aliphatic heterocycles. The number of rotatable bonds is 7. The van der Waals surface area contributed by atoms with E-state index in [2.05, 4.69) is 0 Å². The summed E-state index contributed by atoms with van der Waals surface area (Å²) in [6, 6.07) is 8.12. The van der Waals surface area contributed by atoms with Crippen LogP contribution in [-0.4, -0.2) is 38.9 Å². The van der Waals surface area contributed by atoms with Crippen molar-refractivity contribution in [3.63, 3.8) is 0 Å². The molecule has 0 bridgehead atoms. The summed E-state index contributed by atoms with van der Waals surface area (Å²) in [6.07, 6.45) is 0. The van der Waals surface area contributed by atoms with Crippen LogP contribution in [0.1, 0.15) is 39.2 Å². The molecule has 24 heavy (non-hydrogen) atoms. The van der Waals surface area contributed by atoms with Crippen molar-refractivity contribution in [1.29, 1.82) is 0 Å². The maximum atomic E-state index is 12.4. The minimum Gasteiger partial charge on any atom is -0.478 e. The van der Waals surface area contributed by atoms with E-state index in [1.165, 1.54) is 0 Å². The number of nitrogens with zero attached hydrogens (tertiary/aromatic N) is 1. The summed E-state index contributed by atoms with van der Waals surface area (Å²) in [4.78, 5) is 24.1. The molecule has 4 atom stereocenters. The highest BCUT2D eigenvalue weighted by Gasteiger charge is 2.51. The molecular weight excluding hydrogens is 310 g/mol. The molecule has 134 valence electrons. The van der Waals surface area contributed by atoms with Gasteiger partial charge in [0.2, 0.25) is 0 Å². The van der Waals surface area contributed by atoms with Gasteiger partial charge in [0.1, 0.15) is 0 Å². The van der Waals surface area contributed by atoms with Crippen LogP contribution in [0.2, 0.25) is 0 Å². The molecule has 4 unspecified atom stereocenters. The summed E-state index contributed by atoms with van der Waals surface area (Å²) >= 11 is 0. The average molecular weight is 337 g/mol. The Morgan fingerprint density at radius 2 is 1.62 bits per heavy atom. The van der Waals surface area contributed by atoms with E-state index in [4.69, 9.17) is 11.6 Å². The number of carbonyl (C=O) groups is 2. The quantitative estimate of drug-likeness (QED) is 0.253. The van der Waals surface area contributed by atoms with E-state index in [0.29, 0.717) is 5.01 Å². The van der Waals surface area contributed by atoms with Crippen molar-refractivity contribution < 1.29 is 19.8 Å². The second-order valence-corrected chi connectivity index (χ2v) is 6.50. The Hall–Kier alpha value is -1.96. The lowest BCUT2D eigenvalue weighted by Crippen LogP contribution is -2.67. The van der Waals surface area contributed by atoms with Crippen molar-refractivity contribution in [3.8, 4) is 0 Å². The second-order valence-electron chi connectivity index (χ2n) is 6.50. The molecule has 0 aliphatic carbocycles. The number of carboxylic acids is 1. The maximum Gasteiger partial charge on any atom is 0.359 e. The van der Waals surface area contributed by atoms with E-state index in [1.54, 1.807) is 27.7 Å². The molecule has 0 saturated carbocycles. The lowest BCUT2D eigenvalue weighted by Gasteiger charge is -2.40. The summed E-state index contributed by atoms with van der Waals surface area (Å²) in [6.45, 7) is 6.74. The van der Waals surface area contributed by atoms with Gasteiger partial charge in [0.15, 0.2) is 0 Å². The number of nitrogens with two attached hydrogens (primary N) is 2. The van der Waals surface area contributed by atoms with Gasteiger partial charge in [-0.15, -0.1) is 0 Å². The zero-order valence-electron chi connectivity index (χ0n) is 14.5. The summed E-state index contributed by atoms with van der Waals surface area (Å²) < 4.78 is 0. The first-order valence-electron chi connectivity index (χ1n) is 7.90. The van der Waals surface area contributed by atoms with Crippen molar-refractivity contribution in [2.75, 3.05) is 0 Å². The number of amides is 1. The van der Waals surface area contributed by atoms with Crippen LogP contribution in [0.15, 0.2) is 30.3 Å². The molecule has 1 aromatic carbocycles. The molecule has 0 radical (unpaired) electrons. The summed E-state index contributed by atoms with van der Waals surface area (Å²) in [5.74, 6) is 1.84. The number of hydrogen-bond donors (Lipinski definition) is 4. The van der Waals surface area contributed by atoms with Crippen molar-refractivity contribution in [2.45, 2.75) is 45.4 Å². The van der Waals surface area contributed by atoms with Gasteiger partial charge in [0.25, 0.3) is 11.6 Å². The van der Waals surface area contributed by atoms with Gasteiger partial charge in [-0.1, -0.05) is 58.0 Å². The van der Waals surface area contributed by atoms with Gasteiger partial charge in [-0.25, -0.2) is 15.6 Å². The van der Waals surface area contributed by atoms with Crippen LogP contribution in [0.25, 0.3) is 0 Å². The Balaban J connectivity index is 3.19. The fraction of sp³-hybridized carbons (Fsp3) is 0.529. The highest BCUT2D eigenvalue weighted by atomic mass is 16.4. The van der Waals surface area contributed by atoms with Crippen LogP contribution < -0.4 is 11.6 Å². The zero-order chi connectivity index (χ0) is 18.7. The third-order valence-corrected chi connectivity index (χ3v) is 4.63. The molecule has 1 amide bonds. The summed E-state index contributed by atoms with van der Waals surface area (Å²) in [7, 11) is 0. The van der Waals surface area contributed by atoms with E-state index in [9.17, 15) is 19.8 Å². The van der Waals surface area contributed by atoms with Crippen LogP contribution in [-0.2, 0) is 9.59 Å². The molecule has 0 aromatic heterocycles. The van der Waals surface area contributed by atoms with Crippen molar-refractivity contribution in [3.05, 3.63) is 35.9 Å². The first-order chi connectivity index (χ1) is 11.0. The second kappa shape index (κ2) is 7.74. The van der Waals surface area contributed by atoms with Gasteiger partial charge in [0.05, 0.1) is 6.04 Å². The largest absolute Gasteiger partial charge is 0.478 e. The van der Waals surface area contributed by atoms with E-state index in [0.717, 1.165) is 5.56 Å². The van der Waals surface area contributed by atoms with E-state index in [1.807, 2.05) is 30.3 Å². The number of carboxylic acid groups (broad SMARTS) is 1. The molecule has 1 rings (SSSR count). The van der Waals surface area contributed by atoms with Gasteiger partial charge in [0, 0.05) is 5.92 Å². The highest BCUT2D eigenvalue weighted by Crippen LogP contribution is 2.34. The molecule has 0 heterocycles. The predicted molar refractivity (Wildman–Crippen MR) is 90.5 cm³/mol. The van der Waals surface area contributed by atoms with Crippen LogP contribution in [0.3, 0.4) is 0 Å². The maximum absolute atomic E-state index is 12.4. The minimum atomic E-state index is -2.57. The Morgan fingerprint density at radius 1 is 1.12 bits per heavy atom. The molecule has 0 fully saturated rings.